The molecule has 0 unspecified atom stereocenters. The van der Waals surface area contributed by atoms with Crippen LogP contribution in [0.5, 0.6) is 0 Å². The number of halogens is 1. The summed E-state index contributed by atoms with van der Waals surface area (Å²) in [6, 6.07) is 16.9. The Labute approximate surface area is 216 Å². The van der Waals surface area contributed by atoms with Gasteiger partial charge in [0.2, 0.25) is 5.95 Å². The second kappa shape index (κ2) is 11.7. The summed E-state index contributed by atoms with van der Waals surface area (Å²) in [5, 5.41) is 0. The maximum atomic E-state index is 12.7. The Hall–Kier alpha value is -4.22. The van der Waals surface area contributed by atoms with Gasteiger partial charge in [-0.3, -0.25) is 14.3 Å². The van der Waals surface area contributed by atoms with Crippen LogP contribution >= 0.6 is 11.6 Å². The average Bonchev–Trinajstić information content (AvgIpc) is 3.33. The summed E-state index contributed by atoms with van der Waals surface area (Å²) in [5.41, 5.74) is 6.07. The minimum atomic E-state index is -0.944. The molecule has 0 saturated carbocycles. The zero-order valence-electron chi connectivity index (χ0n) is 19.7. The smallest absolute Gasteiger partial charge is 0.338 e. The number of fused-ring (bicyclic) bond motifs is 1. The van der Waals surface area contributed by atoms with Crippen LogP contribution in [-0.4, -0.2) is 56.2 Å². The number of nitrogens with one attached hydrogen (secondary N) is 1. The van der Waals surface area contributed by atoms with Gasteiger partial charge in [0.15, 0.2) is 17.4 Å². The number of imidazole rings is 1. The number of nitrogens with two attached hydrogens (primary N) is 1. The van der Waals surface area contributed by atoms with Gasteiger partial charge in [0.05, 0.1) is 23.3 Å². The third kappa shape index (κ3) is 6.13. The van der Waals surface area contributed by atoms with E-state index in [1.807, 2.05) is 0 Å². The lowest BCUT2D eigenvalue weighted by Gasteiger charge is -2.28. The quantitative estimate of drug-likeness (QED) is 0.235. The van der Waals surface area contributed by atoms with E-state index in [9.17, 15) is 14.4 Å². The number of H-pyrrole nitrogens is 1. The van der Waals surface area contributed by atoms with E-state index in [0.717, 1.165) is 0 Å². The predicted molar refractivity (Wildman–Crippen MR) is 135 cm³/mol. The number of alkyl halides is 1. The SMILES string of the molecule is C[C@H](OC(=O)c1ccccc1)[C@@H](COC(=O)c1ccccc1)O[C@H](CCl)n1cnc2c(=O)[nH]c(N)nc21. The number of hydrogen-bond acceptors (Lipinski definition) is 9. The van der Waals surface area contributed by atoms with Gasteiger partial charge in [0, 0.05) is 0 Å². The zero-order valence-corrected chi connectivity index (χ0v) is 20.5. The maximum Gasteiger partial charge on any atom is 0.338 e. The fourth-order valence-corrected chi connectivity index (χ4v) is 3.74. The number of nitrogen functional groups attached to an aromatic ring is 1. The largest absolute Gasteiger partial charge is 0.459 e. The van der Waals surface area contributed by atoms with Gasteiger partial charge >= 0.3 is 11.9 Å². The number of anilines is 1. The van der Waals surface area contributed by atoms with Crippen molar-refractivity contribution in [3.63, 3.8) is 0 Å². The van der Waals surface area contributed by atoms with E-state index in [1.165, 1.54) is 10.9 Å². The van der Waals surface area contributed by atoms with Gasteiger partial charge in [-0.1, -0.05) is 36.4 Å². The Balaban J connectivity index is 1.57. The third-order valence-corrected chi connectivity index (χ3v) is 5.70. The van der Waals surface area contributed by atoms with Crippen LogP contribution in [0.25, 0.3) is 11.2 Å². The fourth-order valence-electron chi connectivity index (χ4n) is 3.52. The van der Waals surface area contributed by atoms with Crippen molar-refractivity contribution >= 4 is 40.7 Å². The predicted octanol–water partition coefficient (Wildman–Crippen LogP) is 2.93. The van der Waals surface area contributed by atoms with Gasteiger partial charge in [-0.25, -0.2) is 14.6 Å². The highest BCUT2D eigenvalue weighted by Crippen LogP contribution is 2.22. The van der Waals surface area contributed by atoms with E-state index in [2.05, 4.69) is 15.0 Å². The first-order valence-corrected chi connectivity index (χ1v) is 11.8. The van der Waals surface area contributed by atoms with Gasteiger partial charge in [-0.15, -0.1) is 11.6 Å². The lowest BCUT2D eigenvalue weighted by atomic mass is 10.2. The third-order valence-electron chi connectivity index (χ3n) is 5.44. The van der Waals surface area contributed by atoms with Crippen LogP contribution < -0.4 is 11.3 Å². The molecule has 12 heteroatoms. The van der Waals surface area contributed by atoms with Crippen molar-refractivity contribution in [2.75, 3.05) is 18.2 Å². The van der Waals surface area contributed by atoms with E-state index >= 15 is 0 Å². The molecule has 0 fully saturated rings. The molecule has 2 heterocycles. The number of ether oxygens (including phenoxy) is 3. The Morgan fingerprint density at radius 1 is 1.05 bits per heavy atom. The molecule has 0 radical (unpaired) electrons. The summed E-state index contributed by atoms with van der Waals surface area (Å²) in [7, 11) is 0. The van der Waals surface area contributed by atoms with Gasteiger partial charge in [0.1, 0.15) is 18.8 Å². The highest BCUT2D eigenvalue weighted by atomic mass is 35.5. The maximum absolute atomic E-state index is 12.7. The standard InChI is InChI=1S/C25H24ClN5O6/c1-15(36-24(34)17-10-6-3-7-11-17)18(13-35-23(33)16-8-4-2-5-9-16)37-19(12-26)31-14-28-20-21(31)29-25(27)30-22(20)32/h2-11,14-15,18-19H,12-13H2,1H3,(H3,27,29,30,32)/t15-,18+,19+/m0/s1. The molecule has 0 aliphatic heterocycles. The fraction of sp³-hybridized carbons (Fsp3) is 0.240. The second-order valence-corrected chi connectivity index (χ2v) is 8.31. The van der Waals surface area contributed by atoms with Crippen LogP contribution in [0.1, 0.15) is 33.9 Å². The number of esters is 2. The number of carbonyl (C=O) groups is 2. The molecule has 0 aliphatic rings. The lowest BCUT2D eigenvalue weighted by molar-refractivity contribution is -0.115. The van der Waals surface area contributed by atoms with Crippen molar-refractivity contribution in [2.24, 2.45) is 0 Å². The molecule has 0 amide bonds. The summed E-state index contributed by atoms with van der Waals surface area (Å²) in [6.07, 6.45) is -1.38. The summed E-state index contributed by atoms with van der Waals surface area (Å²) >= 11 is 6.21. The molecule has 4 rings (SSSR count). The lowest BCUT2D eigenvalue weighted by Crippen LogP contribution is -2.38. The van der Waals surface area contributed by atoms with E-state index in [-0.39, 0.29) is 29.6 Å². The number of hydrogen-bond donors (Lipinski definition) is 2. The molecule has 2 aromatic carbocycles. The number of aromatic amines is 1. The Kier molecular flexibility index (Phi) is 8.16. The van der Waals surface area contributed by atoms with Gasteiger partial charge in [-0.05, 0) is 31.2 Å². The molecule has 0 bridgehead atoms. The van der Waals surface area contributed by atoms with E-state index in [4.69, 9.17) is 31.5 Å². The molecule has 3 atom stereocenters. The molecule has 2 aromatic heterocycles. The number of nitrogens with zero attached hydrogens (tertiary/aromatic N) is 3. The number of benzene rings is 2. The van der Waals surface area contributed by atoms with Crippen molar-refractivity contribution in [1.29, 1.82) is 0 Å². The highest BCUT2D eigenvalue weighted by molar-refractivity contribution is 6.18. The molecule has 192 valence electrons. The van der Waals surface area contributed by atoms with Crippen LogP contribution in [-0.2, 0) is 14.2 Å². The van der Waals surface area contributed by atoms with Crippen LogP contribution in [0.3, 0.4) is 0 Å². The summed E-state index contributed by atoms with van der Waals surface area (Å²) in [5.74, 6) is -1.35. The van der Waals surface area contributed by atoms with Gasteiger partial charge < -0.3 is 19.9 Å². The molecule has 37 heavy (non-hydrogen) atoms. The minimum Gasteiger partial charge on any atom is -0.459 e. The molecule has 0 spiro atoms. The van der Waals surface area contributed by atoms with Crippen molar-refractivity contribution in [1.82, 2.24) is 19.5 Å². The first kappa shape index (κ1) is 25.9. The molecular formula is C25H24ClN5O6. The van der Waals surface area contributed by atoms with Crippen LogP contribution in [0, 0.1) is 0 Å². The van der Waals surface area contributed by atoms with Crippen molar-refractivity contribution in [3.8, 4) is 0 Å². The normalized spacial score (nSPS) is 13.6. The summed E-state index contributed by atoms with van der Waals surface area (Å²) in [6.45, 7) is 1.35. The minimum absolute atomic E-state index is 0.0449. The van der Waals surface area contributed by atoms with E-state index in [1.54, 1.807) is 67.6 Å². The Bertz CT molecular complexity index is 1430. The zero-order chi connectivity index (χ0) is 26.4. The molecule has 11 nitrogen and oxygen atoms in total. The summed E-state index contributed by atoms with van der Waals surface area (Å²) < 4.78 is 18.7. The Morgan fingerprint density at radius 3 is 2.30 bits per heavy atom. The van der Waals surface area contributed by atoms with Gasteiger partial charge in [-0.2, -0.15) is 4.98 Å². The molecule has 0 aliphatic carbocycles. The number of aromatic nitrogens is 4. The molecule has 0 saturated heterocycles. The monoisotopic (exact) mass is 525 g/mol. The van der Waals surface area contributed by atoms with Crippen LogP contribution in [0.4, 0.5) is 5.95 Å². The van der Waals surface area contributed by atoms with Crippen molar-refractivity contribution in [2.45, 2.75) is 25.4 Å². The van der Waals surface area contributed by atoms with E-state index < -0.39 is 35.9 Å². The highest BCUT2D eigenvalue weighted by Gasteiger charge is 2.29. The molecular weight excluding hydrogens is 502 g/mol. The van der Waals surface area contributed by atoms with Crippen LogP contribution in [0.2, 0.25) is 0 Å². The number of carbonyl (C=O) groups excluding carboxylic acids is 2. The summed E-state index contributed by atoms with van der Waals surface area (Å²) in [4.78, 5) is 48.0. The molecule has 3 N–H and O–H groups in total. The van der Waals surface area contributed by atoms with Crippen molar-refractivity contribution in [3.05, 3.63) is 88.5 Å². The average molecular weight is 526 g/mol. The first-order chi connectivity index (χ1) is 17.9. The van der Waals surface area contributed by atoms with Crippen LogP contribution in [0.15, 0.2) is 71.8 Å². The van der Waals surface area contributed by atoms with E-state index in [0.29, 0.717) is 11.1 Å². The van der Waals surface area contributed by atoms with Gasteiger partial charge in [0.25, 0.3) is 5.56 Å². The topological polar surface area (TPSA) is 151 Å². The number of rotatable bonds is 10. The van der Waals surface area contributed by atoms with Crippen molar-refractivity contribution < 1.29 is 23.8 Å². The first-order valence-electron chi connectivity index (χ1n) is 11.3. The second-order valence-electron chi connectivity index (χ2n) is 8.00. The molecule has 4 aromatic rings. The Morgan fingerprint density at radius 2 is 1.68 bits per heavy atom.